The van der Waals surface area contributed by atoms with Crippen molar-refractivity contribution in [3.05, 3.63) is 23.9 Å². The molecular weight excluding hydrogens is 192 g/mol. The van der Waals surface area contributed by atoms with Crippen molar-refractivity contribution in [1.82, 2.24) is 10.6 Å². The lowest BCUT2D eigenvalue weighted by Gasteiger charge is -2.32. The second-order valence-corrected chi connectivity index (χ2v) is 3.51. The first-order valence-electron chi connectivity index (χ1n) is 5.23. The fourth-order valence-corrected chi connectivity index (χ4v) is 1.63. The smallest absolute Gasteiger partial charge is 0.147 e. The van der Waals surface area contributed by atoms with Crippen LogP contribution < -0.4 is 10.6 Å². The number of hydrogen-bond acceptors (Lipinski definition) is 4. The summed E-state index contributed by atoms with van der Waals surface area (Å²) in [6, 6.07) is 0. The van der Waals surface area contributed by atoms with Crippen LogP contribution in [0.3, 0.4) is 0 Å². The Morgan fingerprint density at radius 1 is 1.53 bits per heavy atom. The van der Waals surface area contributed by atoms with Gasteiger partial charge in [-0.1, -0.05) is 13.0 Å². The van der Waals surface area contributed by atoms with Gasteiger partial charge in [-0.15, -0.1) is 0 Å². The molecule has 1 aliphatic carbocycles. The van der Waals surface area contributed by atoms with Crippen LogP contribution >= 0.6 is 0 Å². The molecule has 4 nitrogen and oxygen atoms in total. The Morgan fingerprint density at radius 2 is 2.27 bits per heavy atom. The van der Waals surface area contributed by atoms with Gasteiger partial charge < -0.3 is 15.2 Å². The monoisotopic (exact) mass is 210 g/mol. The van der Waals surface area contributed by atoms with Gasteiger partial charge in [0.1, 0.15) is 17.9 Å². The van der Waals surface area contributed by atoms with E-state index < -0.39 is 11.6 Å². The molecule has 3 N–H and O–H groups in total. The average molecular weight is 210 g/mol. The molecule has 0 amide bonds. The molecule has 4 heteroatoms. The van der Waals surface area contributed by atoms with Gasteiger partial charge in [0.25, 0.3) is 0 Å². The fourth-order valence-electron chi connectivity index (χ4n) is 1.63. The number of likely N-dealkylation sites (N-methyl/N-ethyl adjacent to an activating group) is 2. The van der Waals surface area contributed by atoms with Gasteiger partial charge in [-0.3, -0.25) is 5.32 Å². The molecule has 0 saturated carbocycles. The number of carbonyl (C=O) groups excluding carboxylic acids is 1. The topological polar surface area (TPSA) is 61.4 Å². The van der Waals surface area contributed by atoms with Crippen LogP contribution in [0.1, 0.15) is 13.8 Å². The van der Waals surface area contributed by atoms with Crippen LogP contribution in [-0.2, 0) is 4.79 Å². The maximum absolute atomic E-state index is 11.0. The van der Waals surface area contributed by atoms with Crippen LogP contribution in [0.15, 0.2) is 23.9 Å². The van der Waals surface area contributed by atoms with Gasteiger partial charge >= 0.3 is 0 Å². The first-order chi connectivity index (χ1) is 7.18. The molecule has 1 aliphatic rings. The lowest BCUT2D eigenvalue weighted by atomic mass is 9.88. The van der Waals surface area contributed by atoms with Gasteiger partial charge in [0, 0.05) is 12.2 Å². The summed E-state index contributed by atoms with van der Waals surface area (Å²) in [4.78, 5) is 11.0. The van der Waals surface area contributed by atoms with E-state index in [4.69, 9.17) is 0 Å². The van der Waals surface area contributed by atoms with E-state index in [0.717, 1.165) is 18.5 Å². The Kier molecular flexibility index (Phi) is 4.05. The minimum Gasteiger partial charge on any atom is -0.386 e. The lowest BCUT2D eigenvalue weighted by molar-refractivity contribution is -0.114. The lowest BCUT2D eigenvalue weighted by Crippen LogP contribution is -2.55. The average Bonchev–Trinajstić information content (AvgIpc) is 2.23. The highest BCUT2D eigenvalue weighted by molar-refractivity contribution is 5.71. The highest BCUT2D eigenvalue weighted by atomic mass is 16.3. The van der Waals surface area contributed by atoms with Crippen molar-refractivity contribution in [1.29, 1.82) is 0 Å². The Balaban J connectivity index is 2.82. The molecular formula is C11H18N2O2. The molecule has 0 aromatic rings. The van der Waals surface area contributed by atoms with E-state index >= 15 is 0 Å². The van der Waals surface area contributed by atoms with E-state index in [0.29, 0.717) is 6.54 Å². The number of hydrogen-bond donors (Lipinski definition) is 3. The molecule has 2 unspecified atom stereocenters. The minimum absolute atomic E-state index is 0.629. The maximum Gasteiger partial charge on any atom is 0.147 e. The van der Waals surface area contributed by atoms with Crippen molar-refractivity contribution >= 4 is 6.29 Å². The molecule has 84 valence electrons. The van der Waals surface area contributed by atoms with Crippen molar-refractivity contribution in [2.75, 3.05) is 13.1 Å². The fraction of sp³-hybridized carbons (Fsp3) is 0.545. The van der Waals surface area contributed by atoms with Gasteiger partial charge in [0.15, 0.2) is 0 Å². The first-order valence-corrected chi connectivity index (χ1v) is 5.23. The standard InChI is InChI=1S/C11H18N2O2/c1-3-12-9-5-6-11(8-14,13-4-2)10(15)7-9/h5-8,10,12-13,15H,3-4H2,1-2H3. The van der Waals surface area contributed by atoms with E-state index in [9.17, 15) is 9.90 Å². The Hall–Kier alpha value is -1.13. The van der Waals surface area contributed by atoms with Crippen LogP contribution in [-0.4, -0.2) is 36.1 Å². The number of rotatable bonds is 5. The summed E-state index contributed by atoms with van der Waals surface area (Å²) in [6.07, 6.45) is 5.09. The summed E-state index contributed by atoms with van der Waals surface area (Å²) >= 11 is 0. The molecule has 0 spiro atoms. The quantitative estimate of drug-likeness (QED) is 0.557. The van der Waals surface area contributed by atoms with Crippen LogP contribution in [0.25, 0.3) is 0 Å². The molecule has 0 aromatic carbocycles. The number of aldehydes is 1. The summed E-state index contributed by atoms with van der Waals surface area (Å²) in [5.74, 6) is 0. The zero-order valence-corrected chi connectivity index (χ0v) is 9.16. The second-order valence-electron chi connectivity index (χ2n) is 3.51. The van der Waals surface area contributed by atoms with E-state index in [1.165, 1.54) is 0 Å². The van der Waals surface area contributed by atoms with Crippen molar-refractivity contribution < 1.29 is 9.90 Å². The first kappa shape index (κ1) is 11.9. The third-order valence-electron chi connectivity index (χ3n) is 2.42. The number of nitrogens with one attached hydrogen (secondary N) is 2. The van der Waals surface area contributed by atoms with Gasteiger partial charge in [-0.05, 0) is 25.6 Å². The second kappa shape index (κ2) is 5.09. The summed E-state index contributed by atoms with van der Waals surface area (Å²) in [5, 5.41) is 16.0. The molecule has 0 radical (unpaired) electrons. The highest BCUT2D eigenvalue weighted by Gasteiger charge is 2.35. The van der Waals surface area contributed by atoms with E-state index in [2.05, 4.69) is 10.6 Å². The molecule has 0 fully saturated rings. The zero-order chi connectivity index (χ0) is 11.3. The van der Waals surface area contributed by atoms with Gasteiger partial charge in [-0.25, -0.2) is 0 Å². The summed E-state index contributed by atoms with van der Waals surface area (Å²) in [6.45, 7) is 5.30. The molecule has 15 heavy (non-hydrogen) atoms. The number of aliphatic hydroxyl groups is 1. The zero-order valence-electron chi connectivity index (χ0n) is 9.16. The largest absolute Gasteiger partial charge is 0.386 e. The Labute approximate surface area is 90.1 Å². The summed E-state index contributed by atoms with van der Waals surface area (Å²) < 4.78 is 0. The van der Waals surface area contributed by atoms with Crippen LogP contribution in [0, 0.1) is 0 Å². The Morgan fingerprint density at radius 3 is 2.73 bits per heavy atom. The SMILES string of the molecule is CCNC1=CC(O)C(C=O)(NCC)C=C1. The summed E-state index contributed by atoms with van der Waals surface area (Å²) in [7, 11) is 0. The third kappa shape index (κ3) is 2.46. The maximum atomic E-state index is 11.0. The molecule has 2 atom stereocenters. The molecule has 0 saturated heterocycles. The van der Waals surface area contributed by atoms with Gasteiger partial charge in [-0.2, -0.15) is 0 Å². The van der Waals surface area contributed by atoms with Gasteiger partial charge in [0.05, 0.1) is 0 Å². The van der Waals surface area contributed by atoms with Crippen molar-refractivity contribution in [2.45, 2.75) is 25.5 Å². The predicted octanol–water partition coefficient (Wildman–Crippen LogP) is -0.0423. The van der Waals surface area contributed by atoms with Crippen LogP contribution in [0.2, 0.25) is 0 Å². The Bertz CT molecular complexity index is 286. The number of aliphatic hydroxyl groups excluding tert-OH is 1. The van der Waals surface area contributed by atoms with Crippen LogP contribution in [0.4, 0.5) is 0 Å². The highest BCUT2D eigenvalue weighted by Crippen LogP contribution is 2.18. The van der Waals surface area contributed by atoms with Crippen molar-refractivity contribution in [3.63, 3.8) is 0 Å². The molecule has 0 aromatic heterocycles. The minimum atomic E-state index is -0.965. The third-order valence-corrected chi connectivity index (χ3v) is 2.42. The van der Waals surface area contributed by atoms with E-state index in [1.54, 1.807) is 12.2 Å². The van der Waals surface area contributed by atoms with Crippen molar-refractivity contribution in [2.24, 2.45) is 0 Å². The van der Waals surface area contributed by atoms with E-state index in [1.807, 2.05) is 19.9 Å². The molecule has 0 bridgehead atoms. The molecule has 0 heterocycles. The van der Waals surface area contributed by atoms with Crippen LogP contribution in [0.5, 0.6) is 0 Å². The molecule has 1 rings (SSSR count). The molecule has 0 aliphatic heterocycles. The van der Waals surface area contributed by atoms with Gasteiger partial charge in [0.2, 0.25) is 0 Å². The number of allylic oxidation sites excluding steroid dienone is 1. The summed E-state index contributed by atoms with van der Waals surface area (Å²) in [5.41, 5.74) is -0.117. The van der Waals surface area contributed by atoms with Crippen molar-refractivity contribution in [3.8, 4) is 0 Å². The van der Waals surface area contributed by atoms with E-state index in [-0.39, 0.29) is 0 Å². The predicted molar refractivity (Wildman–Crippen MR) is 59.4 cm³/mol. The number of carbonyl (C=O) groups is 1. The normalized spacial score (nSPS) is 29.8.